The maximum absolute atomic E-state index is 12.8. The van der Waals surface area contributed by atoms with Crippen LogP contribution < -0.4 is 11.1 Å². The highest BCUT2D eigenvalue weighted by molar-refractivity contribution is 6.04. The molecule has 1 heterocycles. The molecule has 1 aromatic carbocycles. The minimum absolute atomic E-state index is 0. The van der Waals surface area contributed by atoms with Gasteiger partial charge in [0.2, 0.25) is 5.91 Å². The molecule has 0 bridgehead atoms. The molecule has 2 amide bonds. The van der Waals surface area contributed by atoms with Crippen molar-refractivity contribution in [1.29, 1.82) is 0 Å². The summed E-state index contributed by atoms with van der Waals surface area (Å²) in [5, 5.41) is 2.83. The zero-order valence-electron chi connectivity index (χ0n) is 14.7. The Morgan fingerprint density at radius 1 is 1.16 bits per heavy atom. The highest BCUT2D eigenvalue weighted by atomic mass is 35.5. The lowest BCUT2D eigenvalue weighted by Crippen LogP contribution is -2.35. The number of nitrogens with zero attached hydrogens (tertiary/aromatic N) is 2. The van der Waals surface area contributed by atoms with Gasteiger partial charge in [-0.3, -0.25) is 9.59 Å². The van der Waals surface area contributed by atoms with E-state index < -0.39 is 0 Å². The molecule has 3 N–H and O–H groups in total. The third-order valence-corrected chi connectivity index (χ3v) is 4.22. The number of amides is 2. The largest absolute Gasteiger partial charge is 0.337 e. The van der Waals surface area contributed by atoms with E-state index in [0.717, 1.165) is 26.1 Å². The van der Waals surface area contributed by atoms with E-state index >= 15 is 0 Å². The molecule has 6 nitrogen and oxygen atoms in total. The standard InChI is InChI=1S/C17H26N4O2.2ClH/c1-13(12-18)16(22)19-15-7-4-3-6-14(15)17(23)21-9-5-8-20(2)10-11-21;;/h3-4,6-7,13H,5,8-12,18H2,1-2H3,(H,19,22);2*1H. The van der Waals surface area contributed by atoms with E-state index in [1.165, 1.54) is 0 Å². The van der Waals surface area contributed by atoms with E-state index in [2.05, 4.69) is 17.3 Å². The Bertz CT molecular complexity index is 571. The van der Waals surface area contributed by atoms with Crippen molar-refractivity contribution in [3.63, 3.8) is 0 Å². The van der Waals surface area contributed by atoms with Crippen molar-refractivity contribution in [1.82, 2.24) is 9.80 Å². The van der Waals surface area contributed by atoms with Crippen LogP contribution in [-0.2, 0) is 4.79 Å². The number of nitrogens with one attached hydrogen (secondary N) is 1. The SMILES string of the molecule is CC(CN)C(=O)Nc1ccccc1C(=O)N1CCCN(C)CC1.Cl.Cl. The smallest absolute Gasteiger partial charge is 0.256 e. The van der Waals surface area contributed by atoms with Crippen molar-refractivity contribution in [2.75, 3.05) is 45.1 Å². The molecule has 1 saturated heterocycles. The first kappa shape index (κ1) is 23.7. The number of benzene rings is 1. The second-order valence-electron chi connectivity index (χ2n) is 6.12. The van der Waals surface area contributed by atoms with Crippen molar-refractivity contribution in [2.45, 2.75) is 13.3 Å². The van der Waals surface area contributed by atoms with Crippen LogP contribution in [-0.4, -0.2) is 61.4 Å². The molecule has 0 aromatic heterocycles. The minimum atomic E-state index is -0.287. The fraction of sp³-hybridized carbons (Fsp3) is 0.529. The average molecular weight is 391 g/mol. The van der Waals surface area contributed by atoms with Crippen LogP contribution in [0, 0.1) is 5.92 Å². The number of nitrogens with two attached hydrogens (primary N) is 1. The summed E-state index contributed by atoms with van der Waals surface area (Å²) in [6.07, 6.45) is 0.959. The number of halogens is 2. The molecule has 0 spiro atoms. The monoisotopic (exact) mass is 390 g/mol. The highest BCUT2D eigenvalue weighted by Crippen LogP contribution is 2.19. The van der Waals surface area contributed by atoms with Gasteiger partial charge in [0.25, 0.3) is 5.91 Å². The van der Waals surface area contributed by atoms with Crippen LogP contribution in [0.2, 0.25) is 0 Å². The quantitative estimate of drug-likeness (QED) is 0.821. The molecule has 8 heteroatoms. The van der Waals surface area contributed by atoms with Gasteiger partial charge in [-0.2, -0.15) is 0 Å². The van der Waals surface area contributed by atoms with E-state index in [1.807, 2.05) is 17.0 Å². The molecule has 0 radical (unpaired) electrons. The predicted octanol–water partition coefficient (Wildman–Crippen LogP) is 1.84. The van der Waals surface area contributed by atoms with Gasteiger partial charge in [-0.1, -0.05) is 19.1 Å². The summed E-state index contributed by atoms with van der Waals surface area (Å²) < 4.78 is 0. The third kappa shape index (κ3) is 6.47. The number of para-hydroxylation sites is 1. The summed E-state index contributed by atoms with van der Waals surface area (Å²) in [6.45, 7) is 5.35. The first-order valence-electron chi connectivity index (χ1n) is 8.10. The molecule has 1 unspecified atom stereocenters. The molecule has 1 aliphatic heterocycles. The van der Waals surface area contributed by atoms with Crippen molar-refractivity contribution < 1.29 is 9.59 Å². The first-order chi connectivity index (χ1) is 11.0. The fourth-order valence-corrected chi connectivity index (χ4v) is 2.56. The van der Waals surface area contributed by atoms with E-state index in [1.54, 1.807) is 19.1 Å². The van der Waals surface area contributed by atoms with Crippen LogP contribution >= 0.6 is 24.8 Å². The fourth-order valence-electron chi connectivity index (χ4n) is 2.56. The summed E-state index contributed by atoms with van der Waals surface area (Å²) >= 11 is 0. The van der Waals surface area contributed by atoms with Crippen LogP contribution in [0.5, 0.6) is 0 Å². The second-order valence-corrected chi connectivity index (χ2v) is 6.12. The Balaban J connectivity index is 0.00000288. The molecule has 0 saturated carbocycles. The van der Waals surface area contributed by atoms with Gasteiger partial charge in [0, 0.05) is 32.1 Å². The predicted molar refractivity (Wildman–Crippen MR) is 106 cm³/mol. The van der Waals surface area contributed by atoms with Gasteiger partial charge < -0.3 is 20.9 Å². The van der Waals surface area contributed by atoms with E-state index in [-0.39, 0.29) is 49.1 Å². The normalized spacial score (nSPS) is 16.0. The van der Waals surface area contributed by atoms with Crippen LogP contribution in [0.1, 0.15) is 23.7 Å². The Hall–Kier alpha value is -1.34. The second kappa shape index (κ2) is 11.3. The molecule has 25 heavy (non-hydrogen) atoms. The summed E-state index contributed by atoms with van der Waals surface area (Å²) in [7, 11) is 2.07. The average Bonchev–Trinajstić information content (AvgIpc) is 2.78. The number of carbonyl (C=O) groups is 2. The number of carbonyl (C=O) groups excluding carboxylic acids is 2. The van der Waals surface area contributed by atoms with Gasteiger partial charge in [-0.05, 0) is 32.1 Å². The van der Waals surface area contributed by atoms with E-state index in [0.29, 0.717) is 17.8 Å². The zero-order valence-corrected chi connectivity index (χ0v) is 16.4. The molecule has 1 atom stereocenters. The maximum atomic E-state index is 12.8. The third-order valence-electron chi connectivity index (χ3n) is 4.22. The molecule has 142 valence electrons. The van der Waals surface area contributed by atoms with Crippen LogP contribution in [0.15, 0.2) is 24.3 Å². The van der Waals surface area contributed by atoms with Crippen LogP contribution in [0.4, 0.5) is 5.69 Å². The van der Waals surface area contributed by atoms with Crippen molar-refractivity contribution >= 4 is 42.3 Å². The molecule has 0 aliphatic carbocycles. The van der Waals surface area contributed by atoms with Gasteiger partial charge in [0.15, 0.2) is 0 Å². The minimum Gasteiger partial charge on any atom is -0.337 e. The van der Waals surface area contributed by atoms with Crippen molar-refractivity contribution in [2.24, 2.45) is 11.7 Å². The summed E-state index contributed by atoms with van der Waals surface area (Å²) in [4.78, 5) is 29.0. The van der Waals surface area contributed by atoms with Gasteiger partial charge in [-0.15, -0.1) is 24.8 Å². The summed E-state index contributed by atoms with van der Waals surface area (Å²) in [5.41, 5.74) is 6.62. The Labute approximate surface area is 161 Å². The molecular weight excluding hydrogens is 363 g/mol. The Kier molecular flexibility index (Phi) is 10.7. The molecule has 1 aliphatic rings. The number of hydrogen-bond acceptors (Lipinski definition) is 4. The van der Waals surface area contributed by atoms with Crippen LogP contribution in [0.25, 0.3) is 0 Å². The van der Waals surface area contributed by atoms with Crippen molar-refractivity contribution in [3.05, 3.63) is 29.8 Å². The van der Waals surface area contributed by atoms with E-state index in [4.69, 9.17) is 5.73 Å². The van der Waals surface area contributed by atoms with Crippen molar-refractivity contribution in [3.8, 4) is 0 Å². The molecule has 1 aromatic rings. The lowest BCUT2D eigenvalue weighted by Gasteiger charge is -2.22. The molecule has 2 rings (SSSR count). The molecule has 1 fully saturated rings. The molecular formula is C17H28Cl2N4O2. The Morgan fingerprint density at radius 2 is 1.84 bits per heavy atom. The van der Waals surface area contributed by atoms with Gasteiger partial charge in [0.1, 0.15) is 0 Å². The van der Waals surface area contributed by atoms with Gasteiger partial charge >= 0.3 is 0 Å². The summed E-state index contributed by atoms with van der Waals surface area (Å²) in [6, 6.07) is 7.16. The van der Waals surface area contributed by atoms with Gasteiger partial charge in [0.05, 0.1) is 11.3 Å². The zero-order chi connectivity index (χ0) is 16.8. The van der Waals surface area contributed by atoms with Crippen LogP contribution in [0.3, 0.4) is 0 Å². The maximum Gasteiger partial charge on any atom is 0.256 e. The Morgan fingerprint density at radius 3 is 2.52 bits per heavy atom. The number of anilines is 1. The summed E-state index contributed by atoms with van der Waals surface area (Å²) in [5.74, 6) is -0.482. The first-order valence-corrected chi connectivity index (χ1v) is 8.10. The lowest BCUT2D eigenvalue weighted by atomic mass is 10.1. The number of likely N-dealkylation sites (N-methyl/N-ethyl adjacent to an activating group) is 1. The highest BCUT2D eigenvalue weighted by Gasteiger charge is 2.22. The number of hydrogen-bond donors (Lipinski definition) is 2. The lowest BCUT2D eigenvalue weighted by molar-refractivity contribution is -0.119. The topological polar surface area (TPSA) is 78.7 Å². The van der Waals surface area contributed by atoms with Gasteiger partial charge in [-0.25, -0.2) is 0 Å². The number of rotatable bonds is 4. The van der Waals surface area contributed by atoms with E-state index in [9.17, 15) is 9.59 Å².